The Labute approximate surface area is 344 Å². The van der Waals surface area contributed by atoms with Crippen molar-refractivity contribution in [1.82, 2.24) is 15.0 Å². The van der Waals surface area contributed by atoms with Crippen LogP contribution < -0.4 is 32.0 Å². The standard InChI is InChI=1S/C51H29N10/c1-50-55-26-20-35-41-17-13-31-9-8-30-12-16-40-33-19-24-53-37-5-3-25-56(47(33)37)51(60(40)45(30)46(31)61(41)51)57-27-21-34(48(55)49(35)57)39-15-11-29-7-6-28-10-14-38(58(50)43(28)44(29)59(39)50)32-18-23-52-36-4-2-22-54-42(32)36/h2-27H,1H3/q+7. The molecule has 5 aliphatic heterocycles. The molecule has 5 aliphatic rings. The Hall–Kier alpha value is -8.24. The summed E-state index contributed by atoms with van der Waals surface area (Å²) in [5.41, 5.74) is 20.3. The largest absolute Gasteiger partial charge is 0.770 e. The van der Waals surface area contributed by atoms with Crippen molar-refractivity contribution in [2.75, 3.05) is 0 Å². The lowest BCUT2D eigenvalue weighted by Gasteiger charge is -2.23. The van der Waals surface area contributed by atoms with Gasteiger partial charge in [-0.05, 0) is 83.4 Å². The summed E-state index contributed by atoms with van der Waals surface area (Å²) in [6.07, 6.45) is 12.7. The van der Waals surface area contributed by atoms with Gasteiger partial charge in [0.25, 0.3) is 16.6 Å². The van der Waals surface area contributed by atoms with E-state index in [-0.39, 0.29) is 0 Å². The number of fused-ring (bicyclic) bond motifs is 6. The first-order chi connectivity index (χ1) is 30.2. The molecule has 10 heteroatoms. The minimum atomic E-state index is -0.871. The quantitative estimate of drug-likeness (QED) is 0.172. The van der Waals surface area contributed by atoms with E-state index in [2.05, 4.69) is 173 Å². The van der Waals surface area contributed by atoms with E-state index in [4.69, 9.17) is 15.0 Å². The smallest absolute Gasteiger partial charge is 0.255 e. The molecule has 0 amide bonds. The highest BCUT2D eigenvalue weighted by atomic mass is 15.6. The summed E-state index contributed by atoms with van der Waals surface area (Å²) in [5, 5.41) is 4.83. The van der Waals surface area contributed by atoms with Gasteiger partial charge in [-0.25, -0.2) is 4.98 Å². The highest BCUT2D eigenvalue weighted by Crippen LogP contribution is 2.43. The average molecular weight is 782 g/mol. The van der Waals surface area contributed by atoms with Crippen molar-refractivity contribution >= 4 is 76.7 Å². The third-order valence-corrected chi connectivity index (χ3v) is 14.8. The molecule has 0 bridgehead atoms. The van der Waals surface area contributed by atoms with Gasteiger partial charge in [0.05, 0.1) is 32.6 Å². The first-order valence-electron chi connectivity index (χ1n) is 20.9. The second-order valence-electron chi connectivity index (χ2n) is 17.3. The molecule has 276 valence electrons. The minimum Gasteiger partial charge on any atom is -0.255 e. The Morgan fingerprint density at radius 1 is 0.361 bits per heavy atom. The van der Waals surface area contributed by atoms with Crippen molar-refractivity contribution in [2.24, 2.45) is 0 Å². The summed E-state index contributed by atoms with van der Waals surface area (Å²) >= 11 is 0. The third-order valence-electron chi connectivity index (χ3n) is 14.8. The van der Waals surface area contributed by atoms with Crippen molar-refractivity contribution < 1.29 is 32.0 Å². The van der Waals surface area contributed by atoms with Crippen LogP contribution >= 0.6 is 0 Å². The minimum absolute atomic E-state index is 0.731. The van der Waals surface area contributed by atoms with E-state index in [0.717, 1.165) is 33.3 Å². The fourth-order valence-corrected chi connectivity index (χ4v) is 12.6. The first-order valence-corrected chi connectivity index (χ1v) is 20.9. The molecule has 0 fully saturated rings. The van der Waals surface area contributed by atoms with Crippen LogP contribution in [0.1, 0.15) is 6.92 Å². The Balaban J connectivity index is 1.08. The molecule has 0 aliphatic carbocycles. The second-order valence-corrected chi connectivity index (χ2v) is 17.3. The number of aromatic nitrogens is 10. The predicted molar refractivity (Wildman–Crippen MR) is 224 cm³/mol. The predicted octanol–water partition coefficient (Wildman–Crippen LogP) is 5.13. The van der Waals surface area contributed by atoms with Crippen molar-refractivity contribution in [3.63, 3.8) is 0 Å². The Kier molecular flexibility index (Phi) is 4.56. The summed E-state index contributed by atoms with van der Waals surface area (Å²) in [5.74, 6) is -1.60. The van der Waals surface area contributed by atoms with Crippen LogP contribution in [0.15, 0.2) is 159 Å². The Morgan fingerprint density at radius 3 is 1.49 bits per heavy atom. The van der Waals surface area contributed by atoms with Crippen LogP contribution in [0.5, 0.6) is 0 Å². The SMILES string of the molecule is CC12[n+]3ccc4c5c3c(cc[n+]5C35[n+]6cccc7nccc(c76)-c6ccc7ccc8ccc-4[n+]3c8c7[n+]65)-c3ccc4ccc5ccc(-c6ccnc7cccnc67)[n+]1c5c4[n+]32. The summed E-state index contributed by atoms with van der Waals surface area (Å²) in [7, 11) is 0. The number of hydrogen-bond acceptors (Lipinski definition) is 3. The molecular formula is C51H29N10+7. The van der Waals surface area contributed by atoms with E-state index in [9.17, 15) is 0 Å². The van der Waals surface area contributed by atoms with Gasteiger partial charge >= 0.3 is 33.8 Å². The number of benzene rings is 2. The van der Waals surface area contributed by atoms with E-state index in [0.29, 0.717) is 0 Å². The van der Waals surface area contributed by atoms with Gasteiger partial charge in [0, 0.05) is 74.8 Å². The molecule has 2 unspecified atom stereocenters. The van der Waals surface area contributed by atoms with Crippen molar-refractivity contribution in [1.29, 1.82) is 0 Å². The van der Waals surface area contributed by atoms with E-state index in [1.54, 1.807) is 0 Å². The monoisotopic (exact) mass is 781 g/mol. The average Bonchev–Trinajstić information content (AvgIpc) is 3.80. The highest BCUT2D eigenvalue weighted by molar-refractivity contribution is 6.04. The molecule has 1 spiro atoms. The molecule has 12 aromatic rings. The molecule has 0 saturated heterocycles. The maximum atomic E-state index is 4.97. The van der Waals surface area contributed by atoms with Crippen molar-refractivity contribution in [3.8, 4) is 45.0 Å². The fourth-order valence-electron chi connectivity index (χ4n) is 12.6. The molecule has 10 aromatic heterocycles. The molecule has 15 heterocycles. The maximum absolute atomic E-state index is 4.97. The van der Waals surface area contributed by atoms with Crippen LogP contribution in [-0.2, 0) is 11.7 Å². The van der Waals surface area contributed by atoms with Crippen LogP contribution in [0, 0.1) is 0 Å². The van der Waals surface area contributed by atoms with Crippen LogP contribution in [0.2, 0.25) is 0 Å². The zero-order valence-corrected chi connectivity index (χ0v) is 32.5. The summed E-state index contributed by atoms with van der Waals surface area (Å²) in [6.45, 7) is 2.39. The molecule has 2 atom stereocenters. The van der Waals surface area contributed by atoms with Gasteiger partial charge in [-0.1, -0.05) is 13.7 Å². The maximum Gasteiger partial charge on any atom is 0.770 e. The lowest BCUT2D eigenvalue weighted by molar-refractivity contribution is -1.29. The zero-order valence-electron chi connectivity index (χ0n) is 32.5. The Bertz CT molecular complexity index is 4260. The summed E-state index contributed by atoms with van der Waals surface area (Å²) in [4.78, 5) is 14.6. The lowest BCUT2D eigenvalue weighted by atomic mass is 9.97. The molecule has 10 nitrogen and oxygen atoms in total. The van der Waals surface area contributed by atoms with Gasteiger partial charge < -0.3 is 0 Å². The van der Waals surface area contributed by atoms with Gasteiger partial charge in [-0.2, -0.15) is 0 Å². The van der Waals surface area contributed by atoms with Crippen molar-refractivity contribution in [2.45, 2.75) is 18.6 Å². The van der Waals surface area contributed by atoms with Crippen LogP contribution in [0.3, 0.4) is 0 Å². The number of pyridine rings is 10. The topological polar surface area (TPSA) is 65.8 Å². The van der Waals surface area contributed by atoms with Gasteiger partial charge in [0.2, 0.25) is 22.8 Å². The molecule has 0 N–H and O–H groups in total. The van der Waals surface area contributed by atoms with Gasteiger partial charge in [0.15, 0.2) is 18.6 Å². The molecule has 61 heavy (non-hydrogen) atoms. The number of nitrogens with zero attached hydrogens (tertiary/aromatic N) is 10. The van der Waals surface area contributed by atoms with Crippen LogP contribution in [-0.4, -0.2) is 15.0 Å². The van der Waals surface area contributed by atoms with Gasteiger partial charge in [0.1, 0.15) is 34.6 Å². The second kappa shape index (κ2) is 9.30. The lowest BCUT2D eigenvalue weighted by Crippen LogP contribution is -2.98. The van der Waals surface area contributed by atoms with E-state index in [1.807, 2.05) is 24.7 Å². The zero-order chi connectivity index (χ0) is 39.2. The summed E-state index contributed by atoms with van der Waals surface area (Å²) in [6, 6.07) is 44.9. The molecule has 0 saturated carbocycles. The summed E-state index contributed by atoms with van der Waals surface area (Å²) < 4.78 is 18.0. The van der Waals surface area contributed by atoms with Gasteiger partial charge in [-0.15, -0.1) is 0 Å². The molecular weight excluding hydrogens is 753 g/mol. The molecule has 2 aromatic carbocycles. The van der Waals surface area contributed by atoms with Crippen molar-refractivity contribution in [3.05, 3.63) is 159 Å². The molecule has 0 radical (unpaired) electrons. The third kappa shape index (κ3) is 2.89. The highest BCUT2D eigenvalue weighted by Gasteiger charge is 2.83. The van der Waals surface area contributed by atoms with E-state index < -0.39 is 11.7 Å². The van der Waals surface area contributed by atoms with Crippen LogP contribution in [0.25, 0.3) is 122 Å². The number of hydrogen-bond donors (Lipinski definition) is 0. The fraction of sp³-hybridized carbons (Fsp3) is 0.0588. The van der Waals surface area contributed by atoms with Gasteiger partial charge in [-0.3, -0.25) is 9.97 Å². The Morgan fingerprint density at radius 2 is 0.836 bits per heavy atom. The number of rotatable bonds is 1. The van der Waals surface area contributed by atoms with Crippen LogP contribution in [0.4, 0.5) is 0 Å². The van der Waals surface area contributed by atoms with E-state index in [1.165, 1.54) is 88.4 Å². The first kappa shape index (κ1) is 29.9. The van der Waals surface area contributed by atoms with E-state index >= 15 is 0 Å². The normalized spacial score (nSPS) is 18.7. The molecule has 17 rings (SSSR count).